The summed E-state index contributed by atoms with van der Waals surface area (Å²) in [5.41, 5.74) is -0.224. The first-order valence-corrected chi connectivity index (χ1v) is 7.03. The Morgan fingerprint density at radius 3 is 2.74 bits per heavy atom. The Morgan fingerprint density at radius 1 is 1.52 bits per heavy atom. The summed E-state index contributed by atoms with van der Waals surface area (Å²) < 4.78 is 5.00. The maximum Gasteiger partial charge on any atom is 0.342 e. The number of amides is 1. The largest absolute Gasteiger partial charge is 0.506 e. The highest BCUT2D eigenvalue weighted by molar-refractivity contribution is 6.32. The molecular formula is C14H14ClNO7. The number of aliphatic hydroxyl groups is 1. The highest BCUT2D eigenvalue weighted by atomic mass is 35.5. The molecule has 1 amide bonds. The van der Waals surface area contributed by atoms with E-state index in [9.17, 15) is 19.5 Å². The molecule has 0 aromatic heterocycles. The number of phenols is 1. The first-order valence-electron chi connectivity index (χ1n) is 6.66. The monoisotopic (exact) mass is 343 g/mol. The molecule has 0 fully saturated rings. The molecule has 1 aromatic rings. The molecule has 0 saturated carbocycles. The van der Waals surface area contributed by atoms with Gasteiger partial charge in [-0.25, -0.2) is 9.59 Å². The van der Waals surface area contributed by atoms with Crippen molar-refractivity contribution in [2.24, 2.45) is 0 Å². The number of phenolic OH excluding ortho intramolecular Hbond substituents is 1. The maximum atomic E-state index is 12.1. The van der Waals surface area contributed by atoms with E-state index in [1.807, 2.05) is 5.32 Å². The average molecular weight is 344 g/mol. The zero-order valence-electron chi connectivity index (χ0n) is 12.0. The molecule has 9 heteroatoms. The fraction of sp³-hybridized carbons (Fsp3) is 0.357. The minimum absolute atomic E-state index is 0.0855. The van der Waals surface area contributed by atoms with Gasteiger partial charge in [-0.3, -0.25) is 4.79 Å². The quantitative estimate of drug-likeness (QED) is 0.578. The van der Waals surface area contributed by atoms with Gasteiger partial charge < -0.3 is 25.4 Å². The molecule has 0 bridgehead atoms. The molecule has 0 aliphatic carbocycles. The molecule has 1 aliphatic rings. The van der Waals surface area contributed by atoms with Crippen molar-refractivity contribution in [1.29, 1.82) is 0 Å². The van der Waals surface area contributed by atoms with Crippen molar-refractivity contribution in [3.05, 3.63) is 27.8 Å². The second kappa shape index (κ2) is 6.43. The number of hydrogen-bond donors (Lipinski definition) is 4. The topological polar surface area (TPSA) is 133 Å². The number of carboxylic acids is 1. The second-order valence-corrected chi connectivity index (χ2v) is 5.48. The number of aliphatic carboxylic acids is 1. The first-order chi connectivity index (χ1) is 10.8. The van der Waals surface area contributed by atoms with Crippen molar-refractivity contribution in [2.75, 3.05) is 6.61 Å². The van der Waals surface area contributed by atoms with Crippen LogP contribution in [0.15, 0.2) is 6.07 Å². The highest BCUT2D eigenvalue weighted by Crippen LogP contribution is 2.36. The fourth-order valence-electron chi connectivity index (χ4n) is 2.26. The number of benzene rings is 1. The van der Waals surface area contributed by atoms with Crippen LogP contribution in [-0.2, 0) is 16.0 Å². The number of rotatable bonds is 4. The lowest BCUT2D eigenvalue weighted by Crippen LogP contribution is -2.43. The molecule has 23 heavy (non-hydrogen) atoms. The van der Waals surface area contributed by atoms with E-state index in [0.29, 0.717) is 5.56 Å². The molecule has 2 unspecified atom stereocenters. The number of fused-ring (bicyclic) bond motifs is 1. The number of hydrogen-bond acceptors (Lipinski definition) is 6. The van der Waals surface area contributed by atoms with Crippen LogP contribution in [0.3, 0.4) is 0 Å². The molecule has 1 aliphatic heterocycles. The summed E-state index contributed by atoms with van der Waals surface area (Å²) in [5.74, 6) is -3.89. The Hall–Kier alpha value is -2.32. The number of cyclic esters (lactones) is 1. The van der Waals surface area contributed by atoms with Gasteiger partial charge in [-0.15, -0.1) is 0 Å². The van der Waals surface area contributed by atoms with Crippen molar-refractivity contribution in [3.63, 3.8) is 0 Å². The Morgan fingerprint density at radius 2 is 2.17 bits per heavy atom. The van der Waals surface area contributed by atoms with E-state index in [1.165, 1.54) is 0 Å². The minimum Gasteiger partial charge on any atom is -0.506 e. The minimum atomic E-state index is -1.55. The third-order valence-corrected chi connectivity index (χ3v) is 3.72. The van der Waals surface area contributed by atoms with Crippen molar-refractivity contribution < 1.29 is 34.4 Å². The molecule has 0 saturated heterocycles. The van der Waals surface area contributed by atoms with Crippen LogP contribution >= 0.6 is 11.6 Å². The van der Waals surface area contributed by atoms with E-state index in [-0.39, 0.29) is 22.6 Å². The fourth-order valence-corrected chi connectivity index (χ4v) is 2.54. The molecule has 2 atom stereocenters. The van der Waals surface area contributed by atoms with E-state index in [0.717, 1.165) is 6.07 Å². The lowest BCUT2D eigenvalue weighted by Gasteiger charge is -2.24. The maximum absolute atomic E-state index is 12.1. The molecule has 4 N–H and O–H groups in total. The Kier molecular flexibility index (Phi) is 4.76. The van der Waals surface area contributed by atoms with E-state index >= 15 is 0 Å². The summed E-state index contributed by atoms with van der Waals surface area (Å²) in [7, 11) is 0. The second-order valence-electron chi connectivity index (χ2n) is 5.08. The van der Waals surface area contributed by atoms with Gasteiger partial charge in [-0.05, 0) is 18.6 Å². The number of esters is 1. The summed E-state index contributed by atoms with van der Waals surface area (Å²) in [6.45, 7) is 0.827. The Labute approximate surface area is 135 Å². The molecular weight excluding hydrogens is 330 g/mol. The molecule has 0 radical (unpaired) electrons. The van der Waals surface area contributed by atoms with Gasteiger partial charge in [0.05, 0.1) is 12.2 Å². The molecule has 8 nitrogen and oxygen atoms in total. The normalized spacial score (nSPS) is 17.9. The van der Waals surface area contributed by atoms with E-state index in [2.05, 4.69) is 0 Å². The molecule has 0 spiro atoms. The zero-order chi connectivity index (χ0) is 17.3. The lowest BCUT2D eigenvalue weighted by atomic mass is 9.95. The summed E-state index contributed by atoms with van der Waals surface area (Å²) in [4.78, 5) is 34.8. The first kappa shape index (κ1) is 17.0. The van der Waals surface area contributed by atoms with Crippen molar-refractivity contribution in [1.82, 2.24) is 5.32 Å². The van der Waals surface area contributed by atoms with Crippen LogP contribution in [0.1, 0.15) is 33.2 Å². The van der Waals surface area contributed by atoms with Gasteiger partial charge in [0.25, 0.3) is 5.91 Å². The van der Waals surface area contributed by atoms with Gasteiger partial charge >= 0.3 is 11.9 Å². The molecule has 1 heterocycles. The van der Waals surface area contributed by atoms with Crippen LogP contribution in [0.25, 0.3) is 0 Å². The number of ether oxygens (including phenoxy) is 1. The number of aliphatic hydroxyl groups excluding tert-OH is 1. The van der Waals surface area contributed by atoms with Gasteiger partial charge in [-0.1, -0.05) is 11.6 Å². The van der Waals surface area contributed by atoms with Crippen LogP contribution in [0, 0.1) is 0 Å². The van der Waals surface area contributed by atoms with Crippen LogP contribution in [0.5, 0.6) is 5.75 Å². The van der Waals surface area contributed by atoms with Gasteiger partial charge in [0.1, 0.15) is 17.4 Å². The van der Waals surface area contributed by atoms with E-state index < -0.39 is 42.3 Å². The highest BCUT2D eigenvalue weighted by Gasteiger charge is 2.32. The van der Waals surface area contributed by atoms with Crippen LogP contribution in [0.2, 0.25) is 5.02 Å². The summed E-state index contributed by atoms with van der Waals surface area (Å²) >= 11 is 6.06. The third-order valence-electron chi connectivity index (χ3n) is 3.39. The number of nitrogens with one attached hydrogen (secondary N) is 1. The van der Waals surface area contributed by atoms with Crippen LogP contribution in [-0.4, -0.2) is 51.9 Å². The third kappa shape index (κ3) is 3.22. The predicted molar refractivity (Wildman–Crippen MR) is 77.7 cm³/mol. The summed E-state index contributed by atoms with van der Waals surface area (Å²) in [6, 6.07) is -0.407. The van der Waals surface area contributed by atoms with Crippen molar-refractivity contribution in [2.45, 2.75) is 25.5 Å². The number of halogens is 1. The number of carbonyl (C=O) groups is 3. The van der Waals surface area contributed by atoms with Crippen molar-refractivity contribution in [3.8, 4) is 5.75 Å². The van der Waals surface area contributed by atoms with Gasteiger partial charge in [-0.2, -0.15) is 0 Å². The lowest BCUT2D eigenvalue weighted by molar-refractivity contribution is -0.140. The summed E-state index contributed by atoms with van der Waals surface area (Å²) in [6.07, 6.45) is -0.138. The van der Waals surface area contributed by atoms with Crippen molar-refractivity contribution >= 4 is 29.4 Å². The van der Waals surface area contributed by atoms with Crippen LogP contribution in [0.4, 0.5) is 0 Å². The number of aromatic hydroxyl groups is 1. The SMILES string of the molecule is CC1Cc2c(Cl)cc(C(=O)NC(CO)C(=O)O)c(O)c2C(=O)O1. The Balaban J connectivity index is 2.44. The zero-order valence-corrected chi connectivity index (χ0v) is 12.8. The average Bonchev–Trinajstić information content (AvgIpc) is 2.47. The van der Waals surface area contributed by atoms with Gasteiger partial charge in [0.2, 0.25) is 0 Å². The van der Waals surface area contributed by atoms with Crippen LogP contribution < -0.4 is 5.32 Å². The van der Waals surface area contributed by atoms with E-state index in [1.54, 1.807) is 6.92 Å². The molecule has 124 valence electrons. The number of carbonyl (C=O) groups excluding carboxylic acids is 2. The molecule has 2 rings (SSSR count). The number of carboxylic acid groups (broad SMARTS) is 1. The van der Waals surface area contributed by atoms with E-state index in [4.69, 9.17) is 26.6 Å². The van der Waals surface area contributed by atoms with Gasteiger partial charge in [0, 0.05) is 11.4 Å². The predicted octanol–water partition coefficient (Wildman–Crippen LogP) is 0.322. The smallest absolute Gasteiger partial charge is 0.342 e. The molecule has 1 aromatic carbocycles. The van der Waals surface area contributed by atoms with Gasteiger partial charge in [0.15, 0.2) is 6.04 Å². The Bertz CT molecular complexity index is 688. The summed E-state index contributed by atoms with van der Waals surface area (Å²) in [5, 5.41) is 30.0. The standard InChI is InChI=1S/C14H14ClNO7/c1-5-2-6-8(15)3-7(11(18)10(6)14(22)23-5)12(19)16-9(4-17)13(20)21/h3,5,9,17-18H,2,4H2,1H3,(H,16,19)(H,20,21).